The second-order valence-electron chi connectivity index (χ2n) is 10.1. The van der Waals surface area contributed by atoms with E-state index in [9.17, 15) is 10.1 Å². The fourth-order valence-electron chi connectivity index (χ4n) is 5.02. The van der Waals surface area contributed by atoms with E-state index in [1.54, 1.807) is 19.2 Å². The summed E-state index contributed by atoms with van der Waals surface area (Å²) in [7, 11) is 1.61. The molecule has 10 heteroatoms. The molecule has 0 saturated heterocycles. The van der Waals surface area contributed by atoms with Crippen LogP contribution in [0.5, 0.6) is 5.75 Å². The van der Waals surface area contributed by atoms with E-state index in [2.05, 4.69) is 51.8 Å². The molecule has 0 saturated carbocycles. The van der Waals surface area contributed by atoms with Gasteiger partial charge in [-0.15, -0.1) is 0 Å². The number of benzene rings is 2. The van der Waals surface area contributed by atoms with Crippen LogP contribution in [-0.4, -0.2) is 30.9 Å². The van der Waals surface area contributed by atoms with Crippen LogP contribution in [0, 0.1) is 16.7 Å². The number of rotatable bonds is 7. The molecule has 4 rings (SSSR count). The highest BCUT2D eigenvalue weighted by atomic mass is 79.9. The van der Waals surface area contributed by atoms with Crippen LogP contribution in [-0.2, 0) is 16.1 Å². The van der Waals surface area contributed by atoms with Gasteiger partial charge in [0.25, 0.3) is 0 Å². The van der Waals surface area contributed by atoms with E-state index in [4.69, 9.17) is 38.4 Å². The molecule has 2 aromatic rings. The average molecular weight is 684 g/mol. The monoisotopic (exact) mass is 681 g/mol. The summed E-state index contributed by atoms with van der Waals surface area (Å²) in [6, 6.07) is 11.4. The zero-order valence-electron chi connectivity index (χ0n) is 21.2. The van der Waals surface area contributed by atoms with Gasteiger partial charge in [0.2, 0.25) is 0 Å². The third kappa shape index (κ3) is 5.78. The number of halogens is 4. The molecule has 0 radical (unpaired) electrons. The van der Waals surface area contributed by atoms with Crippen LogP contribution < -0.4 is 10.5 Å². The molecule has 1 aliphatic carbocycles. The van der Waals surface area contributed by atoms with Gasteiger partial charge in [0.15, 0.2) is 5.78 Å². The van der Waals surface area contributed by atoms with Crippen molar-refractivity contribution in [1.29, 1.82) is 5.26 Å². The highest BCUT2D eigenvalue weighted by Crippen LogP contribution is 2.50. The summed E-state index contributed by atoms with van der Waals surface area (Å²) in [5.41, 5.74) is 9.82. The van der Waals surface area contributed by atoms with Gasteiger partial charge >= 0.3 is 0 Å². The van der Waals surface area contributed by atoms with Crippen molar-refractivity contribution in [1.82, 2.24) is 4.90 Å². The van der Waals surface area contributed by atoms with Crippen molar-refractivity contribution < 1.29 is 14.3 Å². The highest BCUT2D eigenvalue weighted by Gasteiger charge is 2.44. The number of carbonyl (C=O) groups excluding carboxylic acids is 1. The van der Waals surface area contributed by atoms with Crippen molar-refractivity contribution in [2.24, 2.45) is 11.1 Å². The summed E-state index contributed by atoms with van der Waals surface area (Å²) in [5, 5.41) is 11.1. The topological polar surface area (TPSA) is 88.6 Å². The van der Waals surface area contributed by atoms with Crippen LogP contribution >= 0.6 is 55.1 Å². The number of ketones is 1. The summed E-state index contributed by atoms with van der Waals surface area (Å²) in [6.07, 6.45) is 1.06. The van der Waals surface area contributed by atoms with Crippen LogP contribution in [0.1, 0.15) is 43.7 Å². The Kier molecular flexibility index (Phi) is 8.85. The summed E-state index contributed by atoms with van der Waals surface area (Å²) in [6.45, 7) is 5.29. The first-order chi connectivity index (χ1) is 18.0. The Bertz CT molecular complexity index is 1380. The van der Waals surface area contributed by atoms with E-state index in [-0.39, 0.29) is 17.8 Å². The molecule has 0 aromatic heterocycles. The maximum atomic E-state index is 13.6. The minimum atomic E-state index is -0.589. The Balaban J connectivity index is 1.75. The van der Waals surface area contributed by atoms with E-state index in [0.29, 0.717) is 67.7 Å². The predicted molar refractivity (Wildman–Crippen MR) is 156 cm³/mol. The number of carbonyl (C=O) groups is 1. The van der Waals surface area contributed by atoms with Crippen LogP contribution in [0.3, 0.4) is 0 Å². The molecule has 6 nitrogen and oxygen atoms in total. The molecule has 0 unspecified atom stereocenters. The normalized spacial score (nSPS) is 18.9. The average Bonchev–Trinajstić information content (AvgIpc) is 2.83. The number of nitriles is 1. The number of nitrogens with two attached hydrogens (primary N) is 1. The SMILES string of the molecule is COCCN1C(N)=C(C#N)[C@@H](c2cc(Br)c(OCc3ccc(Cl)c(Cl)c3)c(Br)c2)C2=C1CC(C)(C)CC2=O. The van der Waals surface area contributed by atoms with E-state index in [1.165, 1.54) is 0 Å². The minimum absolute atomic E-state index is 0.0242. The number of allylic oxidation sites excluding steroid dienone is 3. The van der Waals surface area contributed by atoms with Crippen LogP contribution in [0.4, 0.5) is 0 Å². The zero-order valence-corrected chi connectivity index (χ0v) is 25.9. The molecular weight excluding hydrogens is 657 g/mol. The fraction of sp³-hybridized carbons (Fsp3) is 0.357. The van der Waals surface area contributed by atoms with E-state index in [1.807, 2.05) is 23.1 Å². The second kappa shape index (κ2) is 11.6. The second-order valence-corrected chi connectivity index (χ2v) is 12.7. The van der Waals surface area contributed by atoms with Crippen molar-refractivity contribution in [3.05, 3.63) is 83.1 Å². The lowest BCUT2D eigenvalue weighted by Crippen LogP contribution is -2.43. The number of nitrogens with zero attached hydrogens (tertiary/aromatic N) is 2. The maximum Gasteiger partial charge on any atom is 0.162 e. The zero-order chi connectivity index (χ0) is 27.8. The van der Waals surface area contributed by atoms with Gasteiger partial charge in [-0.2, -0.15) is 5.26 Å². The molecule has 1 heterocycles. The highest BCUT2D eigenvalue weighted by molar-refractivity contribution is 9.11. The molecular formula is C28H27Br2Cl2N3O3. The number of methoxy groups -OCH3 is 1. The molecule has 200 valence electrons. The van der Waals surface area contributed by atoms with Gasteiger partial charge in [0.05, 0.1) is 43.2 Å². The number of ether oxygens (including phenoxy) is 2. The molecule has 2 N–H and O–H groups in total. The van der Waals surface area contributed by atoms with Gasteiger partial charge in [-0.1, -0.05) is 43.1 Å². The van der Waals surface area contributed by atoms with Gasteiger partial charge in [0, 0.05) is 31.3 Å². The number of hydrogen-bond acceptors (Lipinski definition) is 6. The first kappa shape index (κ1) is 29.0. The third-order valence-corrected chi connectivity index (χ3v) is 8.64. The maximum absolute atomic E-state index is 13.6. The molecule has 2 aromatic carbocycles. The van der Waals surface area contributed by atoms with Crippen LogP contribution in [0.25, 0.3) is 0 Å². The lowest BCUT2D eigenvalue weighted by Gasteiger charge is -2.43. The lowest BCUT2D eigenvalue weighted by atomic mass is 9.68. The van der Waals surface area contributed by atoms with Crippen molar-refractivity contribution in [3.63, 3.8) is 0 Å². The minimum Gasteiger partial charge on any atom is -0.487 e. The first-order valence-electron chi connectivity index (χ1n) is 12.0. The summed E-state index contributed by atoms with van der Waals surface area (Å²) < 4.78 is 12.7. The molecule has 2 aliphatic rings. The smallest absolute Gasteiger partial charge is 0.162 e. The van der Waals surface area contributed by atoms with Crippen molar-refractivity contribution >= 4 is 60.8 Å². The van der Waals surface area contributed by atoms with Gasteiger partial charge < -0.3 is 20.1 Å². The molecule has 0 fully saturated rings. The van der Waals surface area contributed by atoms with Crippen molar-refractivity contribution in [3.8, 4) is 11.8 Å². The van der Waals surface area contributed by atoms with Crippen LogP contribution in [0.2, 0.25) is 10.0 Å². The molecule has 0 spiro atoms. The van der Waals surface area contributed by atoms with Gasteiger partial charge in [-0.05, 0) is 79.1 Å². The van der Waals surface area contributed by atoms with Crippen LogP contribution in [0.15, 0.2) is 61.9 Å². The van der Waals surface area contributed by atoms with Gasteiger partial charge in [0.1, 0.15) is 18.2 Å². The Hall–Kier alpha value is -2.02. The molecule has 1 aliphatic heterocycles. The number of hydrogen-bond donors (Lipinski definition) is 1. The Labute approximate surface area is 249 Å². The van der Waals surface area contributed by atoms with Gasteiger partial charge in [-0.3, -0.25) is 4.79 Å². The Morgan fingerprint density at radius 2 is 1.84 bits per heavy atom. The Morgan fingerprint density at radius 1 is 1.16 bits per heavy atom. The quantitative estimate of drug-likeness (QED) is 0.326. The largest absolute Gasteiger partial charge is 0.487 e. The number of Topliss-reactive ketones (excluding diaryl/α,β-unsaturated/α-hetero) is 1. The van der Waals surface area contributed by atoms with E-state index < -0.39 is 5.92 Å². The summed E-state index contributed by atoms with van der Waals surface area (Å²) in [5.74, 6) is 0.370. The standard InChI is InChI=1S/C28H27Br2Cl2N3O3/c1-28(2)11-22-25(23(36)12-28)24(17(13-33)27(34)35(22)6-7-37-3)16-9-18(29)26(19(30)10-16)38-14-15-4-5-20(31)21(32)8-15/h4-5,8-10,24H,6-7,11-12,14,34H2,1-3H3/t24-/m1/s1. The van der Waals surface area contributed by atoms with Crippen molar-refractivity contribution in [2.75, 3.05) is 20.3 Å². The van der Waals surface area contributed by atoms with Gasteiger partial charge in [-0.25, -0.2) is 0 Å². The van der Waals surface area contributed by atoms with E-state index in [0.717, 1.165) is 16.8 Å². The molecule has 1 atom stereocenters. The summed E-state index contributed by atoms with van der Waals surface area (Å²) >= 11 is 19.4. The first-order valence-corrected chi connectivity index (χ1v) is 14.3. The predicted octanol–water partition coefficient (Wildman–Crippen LogP) is 7.48. The van der Waals surface area contributed by atoms with Crippen molar-refractivity contribution in [2.45, 2.75) is 39.2 Å². The molecule has 38 heavy (non-hydrogen) atoms. The van der Waals surface area contributed by atoms with E-state index >= 15 is 0 Å². The third-order valence-electron chi connectivity index (χ3n) is 6.73. The Morgan fingerprint density at radius 3 is 2.45 bits per heavy atom. The lowest BCUT2D eigenvalue weighted by molar-refractivity contribution is -0.118. The summed E-state index contributed by atoms with van der Waals surface area (Å²) in [4.78, 5) is 15.5. The molecule has 0 amide bonds. The fourth-order valence-corrected chi connectivity index (χ4v) is 6.79. The molecule has 0 bridgehead atoms.